The number of benzene rings is 2. The van der Waals surface area contributed by atoms with Crippen LogP contribution in [0.25, 0.3) is 0 Å². The Bertz CT molecular complexity index is 1070. The van der Waals surface area contributed by atoms with Gasteiger partial charge in [-0.1, -0.05) is 60.7 Å². The van der Waals surface area contributed by atoms with Crippen LogP contribution >= 0.6 is 0 Å². The van der Waals surface area contributed by atoms with Crippen LogP contribution in [-0.4, -0.2) is 40.9 Å². The number of aromatic nitrogens is 2. The maximum absolute atomic E-state index is 12.7. The normalized spacial score (nSPS) is 15.9. The fourth-order valence-corrected chi connectivity index (χ4v) is 4.85. The Kier molecular flexibility index (Phi) is 6.23. The molecule has 1 aliphatic carbocycles. The minimum Gasteiger partial charge on any atom is -0.298 e. The van der Waals surface area contributed by atoms with Gasteiger partial charge in [-0.15, -0.1) is 0 Å². The van der Waals surface area contributed by atoms with Crippen LogP contribution in [0.3, 0.4) is 0 Å². The second-order valence-corrected chi connectivity index (χ2v) is 9.55. The molecule has 33 heavy (non-hydrogen) atoms. The molecule has 0 radical (unpaired) electrons. The highest BCUT2D eigenvalue weighted by molar-refractivity contribution is 5.95. The van der Waals surface area contributed by atoms with E-state index in [2.05, 4.69) is 79.5 Å². The lowest BCUT2D eigenvalue weighted by Crippen LogP contribution is -2.38. The van der Waals surface area contributed by atoms with Crippen molar-refractivity contribution in [3.8, 4) is 0 Å². The first-order chi connectivity index (χ1) is 16.1. The maximum atomic E-state index is 12.7. The maximum Gasteiger partial charge on any atom is 0.228 e. The van der Waals surface area contributed by atoms with Crippen LogP contribution in [-0.2, 0) is 17.8 Å². The largest absolute Gasteiger partial charge is 0.298 e. The van der Waals surface area contributed by atoms with Crippen LogP contribution in [0.15, 0.2) is 60.7 Å². The average Bonchev–Trinajstić information content (AvgIpc) is 3.65. The minimum atomic E-state index is 0.208. The fourth-order valence-electron chi connectivity index (χ4n) is 4.85. The molecule has 170 valence electrons. The summed E-state index contributed by atoms with van der Waals surface area (Å²) in [6, 6.07) is 21.3. The van der Waals surface area contributed by atoms with Crippen molar-refractivity contribution in [3.63, 3.8) is 0 Å². The van der Waals surface area contributed by atoms with Crippen molar-refractivity contribution >= 4 is 11.7 Å². The van der Waals surface area contributed by atoms with E-state index in [1.807, 2.05) is 4.90 Å². The number of nitrogens with zero attached hydrogens (tertiary/aromatic N) is 4. The monoisotopic (exact) mass is 440 g/mol. The Morgan fingerprint density at radius 1 is 0.970 bits per heavy atom. The Labute approximate surface area is 196 Å². The van der Waals surface area contributed by atoms with Gasteiger partial charge in [0.15, 0.2) is 0 Å². The van der Waals surface area contributed by atoms with Crippen molar-refractivity contribution in [2.45, 2.75) is 45.1 Å². The van der Waals surface area contributed by atoms with Gasteiger partial charge in [-0.3, -0.25) is 14.6 Å². The smallest absolute Gasteiger partial charge is 0.228 e. The highest BCUT2D eigenvalue weighted by Crippen LogP contribution is 2.35. The van der Waals surface area contributed by atoms with Crippen molar-refractivity contribution in [1.29, 1.82) is 0 Å². The summed E-state index contributed by atoms with van der Waals surface area (Å²) in [4.78, 5) is 26.7. The number of hydrogen-bond acceptors (Lipinski definition) is 4. The molecule has 5 rings (SSSR count). The molecule has 1 aromatic heterocycles. The van der Waals surface area contributed by atoms with Crippen LogP contribution in [0, 0.1) is 12.8 Å². The highest BCUT2D eigenvalue weighted by Gasteiger charge is 2.33. The first kappa shape index (κ1) is 21.8. The molecular weight excluding hydrogens is 408 g/mol. The average molecular weight is 441 g/mol. The van der Waals surface area contributed by atoms with Gasteiger partial charge in [0.25, 0.3) is 0 Å². The van der Waals surface area contributed by atoms with Gasteiger partial charge in [-0.25, -0.2) is 9.97 Å². The van der Waals surface area contributed by atoms with E-state index in [1.165, 1.54) is 24.0 Å². The SMILES string of the molecule is Cc1nc(CN(C)CC(c2ccccc2)c2ccccc2)nc2c1CCC(=O)N2CC1CC1. The number of anilines is 1. The summed E-state index contributed by atoms with van der Waals surface area (Å²) in [5.74, 6) is 2.77. The number of aryl methyl sites for hydroxylation is 1. The second-order valence-electron chi connectivity index (χ2n) is 9.55. The van der Waals surface area contributed by atoms with E-state index in [1.54, 1.807) is 0 Å². The summed E-state index contributed by atoms with van der Waals surface area (Å²) < 4.78 is 0. The molecule has 0 saturated heterocycles. The van der Waals surface area contributed by atoms with Gasteiger partial charge in [-0.05, 0) is 50.3 Å². The Hall–Kier alpha value is -3.05. The zero-order valence-electron chi connectivity index (χ0n) is 19.6. The molecule has 3 aromatic rings. The lowest BCUT2D eigenvalue weighted by molar-refractivity contribution is -0.119. The third-order valence-corrected chi connectivity index (χ3v) is 6.83. The molecular formula is C28H32N4O. The molecule has 1 fully saturated rings. The summed E-state index contributed by atoms with van der Waals surface area (Å²) in [6.45, 7) is 4.38. The highest BCUT2D eigenvalue weighted by atomic mass is 16.2. The molecule has 2 heterocycles. The number of likely N-dealkylation sites (N-methyl/N-ethyl adjacent to an activating group) is 1. The Morgan fingerprint density at radius 2 is 1.61 bits per heavy atom. The molecule has 0 spiro atoms. The van der Waals surface area contributed by atoms with Crippen LogP contribution < -0.4 is 4.90 Å². The number of hydrogen-bond donors (Lipinski definition) is 0. The number of amides is 1. The number of carbonyl (C=O) groups excluding carboxylic acids is 1. The van der Waals surface area contributed by atoms with Gasteiger partial charge in [-0.2, -0.15) is 0 Å². The first-order valence-electron chi connectivity index (χ1n) is 12.0. The third kappa shape index (κ3) is 4.98. The van der Waals surface area contributed by atoms with Gasteiger partial charge in [0.05, 0.1) is 6.54 Å². The van der Waals surface area contributed by atoms with Gasteiger partial charge < -0.3 is 0 Å². The predicted molar refractivity (Wildman–Crippen MR) is 131 cm³/mol. The molecule has 1 amide bonds. The Morgan fingerprint density at radius 3 is 2.21 bits per heavy atom. The topological polar surface area (TPSA) is 49.3 Å². The molecule has 0 atom stereocenters. The molecule has 2 aromatic carbocycles. The van der Waals surface area contributed by atoms with E-state index in [-0.39, 0.29) is 11.8 Å². The predicted octanol–water partition coefficient (Wildman–Crippen LogP) is 4.74. The summed E-state index contributed by atoms with van der Waals surface area (Å²) in [5, 5.41) is 0. The van der Waals surface area contributed by atoms with Gasteiger partial charge >= 0.3 is 0 Å². The van der Waals surface area contributed by atoms with E-state index >= 15 is 0 Å². The molecule has 1 aliphatic heterocycles. The van der Waals surface area contributed by atoms with Crippen molar-refractivity contribution in [3.05, 3.63) is 88.9 Å². The van der Waals surface area contributed by atoms with E-state index in [9.17, 15) is 4.79 Å². The second kappa shape index (κ2) is 9.44. The quantitative estimate of drug-likeness (QED) is 0.508. The first-order valence-corrected chi connectivity index (χ1v) is 12.0. The van der Waals surface area contributed by atoms with E-state index < -0.39 is 0 Å². The van der Waals surface area contributed by atoms with E-state index in [0.29, 0.717) is 18.9 Å². The molecule has 0 N–H and O–H groups in total. The number of carbonyl (C=O) groups is 1. The van der Waals surface area contributed by atoms with Gasteiger partial charge in [0, 0.05) is 36.7 Å². The van der Waals surface area contributed by atoms with Gasteiger partial charge in [0.2, 0.25) is 5.91 Å². The zero-order chi connectivity index (χ0) is 22.8. The molecule has 5 nitrogen and oxygen atoms in total. The summed E-state index contributed by atoms with van der Waals surface area (Å²) >= 11 is 0. The minimum absolute atomic E-state index is 0.208. The summed E-state index contributed by atoms with van der Waals surface area (Å²) in [7, 11) is 2.13. The summed E-state index contributed by atoms with van der Waals surface area (Å²) in [5.41, 5.74) is 4.77. The standard InChI is InChI=1S/C28H32N4O/c1-20-24-15-16-27(33)32(17-21-13-14-21)28(24)30-26(29-20)19-31(2)18-25(22-9-5-3-6-10-22)23-11-7-4-8-12-23/h3-12,21,25H,13-19H2,1-2H3. The Balaban J connectivity index is 1.38. The molecule has 0 bridgehead atoms. The third-order valence-electron chi connectivity index (χ3n) is 6.83. The molecule has 0 unspecified atom stereocenters. The van der Waals surface area contributed by atoms with Gasteiger partial charge in [0.1, 0.15) is 11.6 Å². The lowest BCUT2D eigenvalue weighted by atomic mass is 9.91. The number of rotatable bonds is 8. The van der Waals surface area contributed by atoms with Crippen molar-refractivity contribution in [2.75, 3.05) is 25.0 Å². The number of fused-ring (bicyclic) bond motifs is 1. The zero-order valence-corrected chi connectivity index (χ0v) is 19.6. The molecule has 1 saturated carbocycles. The van der Waals surface area contributed by atoms with Crippen LogP contribution in [0.5, 0.6) is 0 Å². The molecule has 5 heteroatoms. The van der Waals surface area contributed by atoms with Crippen molar-refractivity contribution in [1.82, 2.24) is 14.9 Å². The van der Waals surface area contributed by atoms with Crippen LogP contribution in [0.1, 0.15) is 53.4 Å². The fraction of sp³-hybridized carbons (Fsp3) is 0.393. The van der Waals surface area contributed by atoms with Crippen molar-refractivity contribution in [2.24, 2.45) is 5.92 Å². The van der Waals surface area contributed by atoms with Crippen LogP contribution in [0.2, 0.25) is 0 Å². The van der Waals surface area contributed by atoms with Crippen molar-refractivity contribution < 1.29 is 4.79 Å². The van der Waals surface area contributed by atoms with E-state index in [4.69, 9.17) is 9.97 Å². The van der Waals surface area contributed by atoms with E-state index in [0.717, 1.165) is 42.4 Å². The lowest BCUT2D eigenvalue weighted by Gasteiger charge is -2.30. The summed E-state index contributed by atoms with van der Waals surface area (Å²) in [6.07, 6.45) is 3.76. The molecule has 2 aliphatic rings. The van der Waals surface area contributed by atoms with Crippen LogP contribution in [0.4, 0.5) is 5.82 Å².